The molecule has 5 heteroatoms. The second-order valence-corrected chi connectivity index (χ2v) is 3.47. The van der Waals surface area contributed by atoms with Crippen LogP contribution in [-0.4, -0.2) is 10.2 Å². The zero-order valence-corrected chi connectivity index (χ0v) is 8.95. The van der Waals surface area contributed by atoms with Crippen LogP contribution in [0.2, 0.25) is 0 Å². The number of nitrogens with zero attached hydrogens (tertiary/aromatic N) is 1. The molecule has 4 nitrogen and oxygen atoms in total. The largest absolute Gasteiger partial charge is 0.276 e. The molecule has 0 spiro atoms. The molecule has 0 saturated heterocycles. The first kappa shape index (κ1) is 11.7. The van der Waals surface area contributed by atoms with Crippen LogP contribution in [0.15, 0.2) is 18.2 Å². The van der Waals surface area contributed by atoms with Gasteiger partial charge in [-0.05, 0) is 30.2 Å². The molecule has 0 atom stereocenters. The lowest BCUT2D eigenvalue weighted by atomic mass is 10.1. The second-order valence-electron chi connectivity index (χ2n) is 3.12. The number of halogens is 1. The molecule has 80 valence electrons. The third-order valence-electron chi connectivity index (χ3n) is 2.02. The maximum Gasteiger partial charge on any atom is 0.272 e. The van der Waals surface area contributed by atoms with Crippen molar-refractivity contribution in [1.29, 1.82) is 0 Å². The number of hydrogen-bond acceptors (Lipinski definition) is 3. The zero-order valence-electron chi connectivity index (χ0n) is 8.20. The van der Waals surface area contributed by atoms with Gasteiger partial charge in [0.15, 0.2) is 0 Å². The maximum absolute atomic E-state index is 10.9. The van der Waals surface area contributed by atoms with Crippen molar-refractivity contribution in [2.24, 2.45) is 0 Å². The minimum absolute atomic E-state index is 0.0403. The summed E-state index contributed by atoms with van der Waals surface area (Å²) in [6.45, 7) is 1.92. The van der Waals surface area contributed by atoms with E-state index in [2.05, 4.69) is 0 Å². The Balaban J connectivity index is 3.20. The van der Waals surface area contributed by atoms with Crippen molar-refractivity contribution in [3.8, 4) is 0 Å². The van der Waals surface area contributed by atoms with E-state index in [1.165, 1.54) is 18.2 Å². The van der Waals surface area contributed by atoms with Crippen molar-refractivity contribution < 1.29 is 9.72 Å². The first-order valence-corrected chi connectivity index (χ1v) is 4.91. The fourth-order valence-electron chi connectivity index (χ4n) is 1.36. The number of carbonyl (C=O) groups excluding carboxylic acids is 1. The van der Waals surface area contributed by atoms with Gasteiger partial charge in [-0.15, -0.1) is 0 Å². The van der Waals surface area contributed by atoms with Crippen molar-refractivity contribution in [1.82, 2.24) is 0 Å². The Bertz CT molecular complexity index is 404. The van der Waals surface area contributed by atoms with Crippen LogP contribution in [-0.2, 0) is 6.42 Å². The first-order chi connectivity index (χ1) is 7.06. The van der Waals surface area contributed by atoms with Crippen LogP contribution in [0.25, 0.3) is 0 Å². The molecule has 0 aliphatic heterocycles. The Morgan fingerprint density at radius 3 is 2.67 bits per heavy atom. The first-order valence-electron chi connectivity index (χ1n) is 4.53. The molecule has 0 fully saturated rings. The van der Waals surface area contributed by atoms with Crippen LogP contribution in [0.4, 0.5) is 5.69 Å². The van der Waals surface area contributed by atoms with Crippen molar-refractivity contribution in [3.05, 3.63) is 39.4 Å². The third-order valence-corrected chi connectivity index (χ3v) is 2.24. The quantitative estimate of drug-likeness (QED) is 0.451. The van der Waals surface area contributed by atoms with E-state index < -0.39 is 10.2 Å². The molecule has 0 amide bonds. The molecule has 0 heterocycles. The number of carbonyl (C=O) groups is 1. The number of nitro benzene ring substituents is 1. The summed E-state index contributed by atoms with van der Waals surface area (Å²) in [6, 6.07) is 4.17. The highest BCUT2D eigenvalue weighted by atomic mass is 35.5. The fraction of sp³-hybridized carbons (Fsp3) is 0.300. The van der Waals surface area contributed by atoms with Crippen LogP contribution in [0.3, 0.4) is 0 Å². The molecule has 1 aromatic carbocycles. The van der Waals surface area contributed by atoms with Crippen molar-refractivity contribution in [2.45, 2.75) is 19.8 Å². The van der Waals surface area contributed by atoms with Crippen LogP contribution in [0, 0.1) is 10.1 Å². The molecular weight excluding hydrogens is 218 g/mol. The van der Waals surface area contributed by atoms with Gasteiger partial charge in [-0.2, -0.15) is 0 Å². The lowest BCUT2D eigenvalue weighted by Gasteiger charge is -2.02. The summed E-state index contributed by atoms with van der Waals surface area (Å²) in [5, 5.41) is 10.1. The van der Waals surface area contributed by atoms with Crippen LogP contribution in [0.1, 0.15) is 29.3 Å². The molecule has 0 aromatic heterocycles. The minimum atomic E-state index is -0.595. The molecular formula is C10H10ClNO3. The van der Waals surface area contributed by atoms with Gasteiger partial charge in [0.1, 0.15) is 0 Å². The smallest absolute Gasteiger partial charge is 0.272 e. The predicted molar refractivity (Wildman–Crippen MR) is 57.3 cm³/mol. The summed E-state index contributed by atoms with van der Waals surface area (Å²) in [6.07, 6.45) is 1.34. The fourth-order valence-corrected chi connectivity index (χ4v) is 1.47. The van der Waals surface area contributed by atoms with Crippen LogP contribution in [0.5, 0.6) is 0 Å². The van der Waals surface area contributed by atoms with E-state index in [-0.39, 0.29) is 5.69 Å². The molecule has 0 unspecified atom stereocenters. The van der Waals surface area contributed by atoms with E-state index in [0.717, 1.165) is 6.42 Å². The van der Waals surface area contributed by atoms with Crippen LogP contribution >= 0.6 is 11.6 Å². The summed E-state index contributed by atoms with van der Waals surface area (Å²) < 4.78 is 0. The van der Waals surface area contributed by atoms with Gasteiger partial charge < -0.3 is 0 Å². The van der Waals surface area contributed by atoms with Gasteiger partial charge in [0.05, 0.1) is 4.92 Å². The summed E-state index contributed by atoms with van der Waals surface area (Å²) in [5.74, 6) is 0. The minimum Gasteiger partial charge on any atom is -0.276 e. The number of hydrogen-bond donors (Lipinski definition) is 0. The van der Waals surface area contributed by atoms with Crippen molar-refractivity contribution >= 4 is 22.5 Å². The highest BCUT2D eigenvalue weighted by Crippen LogP contribution is 2.22. The van der Waals surface area contributed by atoms with E-state index in [0.29, 0.717) is 17.5 Å². The number of nitro groups is 1. The Morgan fingerprint density at radius 1 is 1.53 bits per heavy atom. The molecule has 0 bridgehead atoms. The van der Waals surface area contributed by atoms with E-state index in [4.69, 9.17) is 11.6 Å². The molecule has 0 saturated carbocycles. The normalized spacial score (nSPS) is 10.0. The second kappa shape index (κ2) is 4.89. The van der Waals surface area contributed by atoms with E-state index in [1.54, 1.807) is 0 Å². The number of rotatable bonds is 4. The molecule has 1 rings (SSSR count). The maximum atomic E-state index is 10.9. The third kappa shape index (κ3) is 2.76. The Hall–Kier alpha value is -1.42. The average molecular weight is 228 g/mol. The topological polar surface area (TPSA) is 60.2 Å². The summed E-state index contributed by atoms with van der Waals surface area (Å²) in [7, 11) is 0. The van der Waals surface area contributed by atoms with E-state index in [9.17, 15) is 14.9 Å². The zero-order chi connectivity index (χ0) is 11.4. The van der Waals surface area contributed by atoms with Crippen molar-refractivity contribution in [3.63, 3.8) is 0 Å². The van der Waals surface area contributed by atoms with Gasteiger partial charge in [-0.25, -0.2) is 0 Å². The standard InChI is InChI=1S/C10H10ClNO3/c1-2-3-7-6-8(10(11)13)4-5-9(7)12(14)15/h4-6H,2-3H2,1H3. The van der Waals surface area contributed by atoms with Gasteiger partial charge >= 0.3 is 0 Å². The molecule has 0 aliphatic rings. The van der Waals surface area contributed by atoms with Gasteiger partial charge in [0.25, 0.3) is 10.9 Å². The van der Waals surface area contributed by atoms with E-state index in [1.807, 2.05) is 6.92 Å². The Kier molecular flexibility index (Phi) is 3.80. The Morgan fingerprint density at radius 2 is 2.20 bits per heavy atom. The molecule has 0 N–H and O–H groups in total. The highest BCUT2D eigenvalue weighted by Gasteiger charge is 2.14. The highest BCUT2D eigenvalue weighted by molar-refractivity contribution is 6.67. The summed E-state index contributed by atoms with van der Waals surface area (Å²) in [5.41, 5.74) is 0.887. The van der Waals surface area contributed by atoms with Gasteiger partial charge in [-0.3, -0.25) is 14.9 Å². The predicted octanol–water partition coefficient (Wildman–Crippen LogP) is 2.93. The monoisotopic (exact) mass is 227 g/mol. The lowest BCUT2D eigenvalue weighted by molar-refractivity contribution is -0.385. The van der Waals surface area contributed by atoms with Gasteiger partial charge in [-0.1, -0.05) is 13.3 Å². The lowest BCUT2D eigenvalue weighted by Crippen LogP contribution is -1.98. The SMILES string of the molecule is CCCc1cc(C(=O)Cl)ccc1[N+](=O)[O-]. The van der Waals surface area contributed by atoms with E-state index >= 15 is 0 Å². The number of aryl methyl sites for hydroxylation is 1. The summed E-state index contributed by atoms with van der Waals surface area (Å²) >= 11 is 5.30. The number of benzene rings is 1. The van der Waals surface area contributed by atoms with Crippen molar-refractivity contribution in [2.75, 3.05) is 0 Å². The summed E-state index contributed by atoms with van der Waals surface area (Å²) in [4.78, 5) is 21.1. The van der Waals surface area contributed by atoms with Gasteiger partial charge in [0.2, 0.25) is 0 Å². The van der Waals surface area contributed by atoms with Crippen LogP contribution < -0.4 is 0 Å². The van der Waals surface area contributed by atoms with Gasteiger partial charge in [0, 0.05) is 17.2 Å². The molecule has 0 aliphatic carbocycles. The molecule has 1 aromatic rings. The Labute approximate surface area is 92.0 Å². The molecule has 0 radical (unpaired) electrons. The molecule has 15 heavy (non-hydrogen) atoms. The average Bonchev–Trinajstić information content (AvgIpc) is 2.17.